The SMILES string of the molecule is CCCCCCC(C)(C)n1ccnc1. The zero-order chi connectivity index (χ0) is 10.4. The molecule has 0 unspecified atom stereocenters. The van der Waals surface area contributed by atoms with Crippen molar-refractivity contribution in [3.05, 3.63) is 18.7 Å². The van der Waals surface area contributed by atoms with Gasteiger partial charge in [-0.25, -0.2) is 4.98 Å². The largest absolute Gasteiger partial charge is 0.332 e. The molecular formula is C12H22N2. The lowest BCUT2D eigenvalue weighted by Gasteiger charge is -2.26. The summed E-state index contributed by atoms with van der Waals surface area (Å²) in [6.45, 7) is 6.81. The Morgan fingerprint density at radius 3 is 2.57 bits per heavy atom. The van der Waals surface area contributed by atoms with E-state index in [2.05, 4.69) is 36.5 Å². The third kappa shape index (κ3) is 3.17. The van der Waals surface area contributed by atoms with Gasteiger partial charge in [0, 0.05) is 17.9 Å². The van der Waals surface area contributed by atoms with Crippen molar-refractivity contribution < 1.29 is 0 Å². The smallest absolute Gasteiger partial charge is 0.0950 e. The highest BCUT2D eigenvalue weighted by atomic mass is 15.1. The normalized spacial score (nSPS) is 11.9. The van der Waals surface area contributed by atoms with Gasteiger partial charge in [0.25, 0.3) is 0 Å². The second kappa shape index (κ2) is 5.18. The van der Waals surface area contributed by atoms with Gasteiger partial charge in [0.15, 0.2) is 0 Å². The molecule has 1 aromatic rings. The van der Waals surface area contributed by atoms with E-state index in [4.69, 9.17) is 0 Å². The monoisotopic (exact) mass is 194 g/mol. The third-order valence-corrected chi connectivity index (χ3v) is 2.85. The van der Waals surface area contributed by atoms with Gasteiger partial charge in [0.05, 0.1) is 6.33 Å². The number of unbranched alkanes of at least 4 members (excludes halogenated alkanes) is 3. The van der Waals surface area contributed by atoms with Gasteiger partial charge in [-0.05, 0) is 20.3 Å². The van der Waals surface area contributed by atoms with Gasteiger partial charge >= 0.3 is 0 Å². The molecule has 0 fully saturated rings. The molecule has 2 nitrogen and oxygen atoms in total. The average Bonchev–Trinajstić information content (AvgIpc) is 2.65. The second-order valence-electron chi connectivity index (χ2n) is 4.59. The summed E-state index contributed by atoms with van der Waals surface area (Å²) in [5.41, 5.74) is 0.226. The molecule has 0 aliphatic rings. The molecule has 80 valence electrons. The lowest BCUT2D eigenvalue weighted by molar-refractivity contribution is 0.313. The van der Waals surface area contributed by atoms with Crippen LogP contribution in [0.4, 0.5) is 0 Å². The summed E-state index contributed by atoms with van der Waals surface area (Å²) in [7, 11) is 0. The van der Waals surface area contributed by atoms with Crippen molar-refractivity contribution in [2.75, 3.05) is 0 Å². The maximum Gasteiger partial charge on any atom is 0.0950 e. The molecule has 0 bridgehead atoms. The average molecular weight is 194 g/mol. The van der Waals surface area contributed by atoms with E-state index < -0.39 is 0 Å². The van der Waals surface area contributed by atoms with Crippen molar-refractivity contribution in [2.24, 2.45) is 0 Å². The highest BCUT2D eigenvalue weighted by molar-refractivity contribution is 4.85. The summed E-state index contributed by atoms with van der Waals surface area (Å²) in [6.07, 6.45) is 12.4. The van der Waals surface area contributed by atoms with Gasteiger partial charge in [-0.1, -0.05) is 32.6 Å². The molecule has 0 amide bonds. The Hall–Kier alpha value is -0.790. The Morgan fingerprint density at radius 2 is 2.00 bits per heavy atom. The van der Waals surface area contributed by atoms with Crippen LogP contribution in [0.2, 0.25) is 0 Å². The molecular weight excluding hydrogens is 172 g/mol. The molecule has 0 radical (unpaired) electrons. The highest BCUT2D eigenvalue weighted by Crippen LogP contribution is 2.22. The van der Waals surface area contributed by atoms with Gasteiger partial charge in [0.1, 0.15) is 0 Å². The van der Waals surface area contributed by atoms with Crippen molar-refractivity contribution in [2.45, 2.75) is 58.4 Å². The molecule has 1 aromatic heterocycles. The number of rotatable bonds is 6. The first-order chi connectivity index (χ1) is 6.67. The van der Waals surface area contributed by atoms with Crippen LogP contribution in [0.5, 0.6) is 0 Å². The van der Waals surface area contributed by atoms with E-state index in [9.17, 15) is 0 Å². The Labute approximate surface area is 87.4 Å². The maximum absolute atomic E-state index is 4.10. The maximum atomic E-state index is 4.10. The molecule has 0 atom stereocenters. The molecule has 0 saturated carbocycles. The Morgan fingerprint density at radius 1 is 1.21 bits per heavy atom. The van der Waals surface area contributed by atoms with Crippen LogP contribution in [0.25, 0.3) is 0 Å². The van der Waals surface area contributed by atoms with Crippen LogP contribution < -0.4 is 0 Å². The van der Waals surface area contributed by atoms with Crippen LogP contribution in [0.3, 0.4) is 0 Å². The minimum absolute atomic E-state index is 0.226. The Kier molecular flexibility index (Phi) is 4.18. The Balaban J connectivity index is 2.35. The first-order valence-electron chi connectivity index (χ1n) is 5.65. The summed E-state index contributed by atoms with van der Waals surface area (Å²) >= 11 is 0. The van der Waals surface area contributed by atoms with Crippen molar-refractivity contribution in [3.8, 4) is 0 Å². The van der Waals surface area contributed by atoms with E-state index >= 15 is 0 Å². The van der Waals surface area contributed by atoms with Crippen LogP contribution in [0.15, 0.2) is 18.7 Å². The lowest BCUT2D eigenvalue weighted by atomic mass is 9.96. The molecule has 2 heteroatoms. The van der Waals surface area contributed by atoms with E-state index in [0.717, 1.165) is 0 Å². The van der Waals surface area contributed by atoms with Gasteiger partial charge in [-0.15, -0.1) is 0 Å². The predicted octanol–water partition coefficient (Wildman–Crippen LogP) is 3.59. The molecule has 0 spiro atoms. The predicted molar refractivity (Wildman–Crippen MR) is 60.3 cm³/mol. The number of hydrogen-bond donors (Lipinski definition) is 0. The van der Waals surface area contributed by atoms with Gasteiger partial charge in [0.2, 0.25) is 0 Å². The fraction of sp³-hybridized carbons (Fsp3) is 0.750. The van der Waals surface area contributed by atoms with Crippen LogP contribution in [0, 0.1) is 0 Å². The standard InChI is InChI=1S/C12H22N2/c1-4-5-6-7-8-12(2,3)14-10-9-13-11-14/h9-11H,4-8H2,1-3H3. The summed E-state index contributed by atoms with van der Waals surface area (Å²) in [5, 5.41) is 0. The number of hydrogen-bond acceptors (Lipinski definition) is 1. The van der Waals surface area contributed by atoms with Gasteiger partial charge < -0.3 is 4.57 Å². The fourth-order valence-electron chi connectivity index (χ4n) is 1.73. The van der Waals surface area contributed by atoms with Crippen molar-refractivity contribution >= 4 is 0 Å². The summed E-state index contributed by atoms with van der Waals surface area (Å²) < 4.78 is 2.21. The summed E-state index contributed by atoms with van der Waals surface area (Å²) in [6, 6.07) is 0. The zero-order valence-electron chi connectivity index (χ0n) is 9.66. The van der Waals surface area contributed by atoms with Crippen LogP contribution in [0.1, 0.15) is 52.9 Å². The number of imidazole rings is 1. The quantitative estimate of drug-likeness (QED) is 0.633. The van der Waals surface area contributed by atoms with E-state index in [0.29, 0.717) is 0 Å². The van der Waals surface area contributed by atoms with E-state index in [1.165, 1.54) is 32.1 Å². The first-order valence-corrected chi connectivity index (χ1v) is 5.65. The van der Waals surface area contributed by atoms with Crippen LogP contribution in [-0.4, -0.2) is 9.55 Å². The third-order valence-electron chi connectivity index (χ3n) is 2.85. The first kappa shape index (κ1) is 11.3. The van der Waals surface area contributed by atoms with Crippen LogP contribution >= 0.6 is 0 Å². The van der Waals surface area contributed by atoms with Crippen molar-refractivity contribution in [3.63, 3.8) is 0 Å². The van der Waals surface area contributed by atoms with Crippen molar-refractivity contribution in [1.82, 2.24) is 9.55 Å². The van der Waals surface area contributed by atoms with Gasteiger partial charge in [-0.2, -0.15) is 0 Å². The molecule has 0 aromatic carbocycles. The zero-order valence-corrected chi connectivity index (χ0v) is 9.66. The molecule has 1 heterocycles. The van der Waals surface area contributed by atoms with Crippen LogP contribution in [-0.2, 0) is 5.54 Å². The minimum atomic E-state index is 0.226. The van der Waals surface area contributed by atoms with Gasteiger partial charge in [-0.3, -0.25) is 0 Å². The van der Waals surface area contributed by atoms with Crippen molar-refractivity contribution in [1.29, 1.82) is 0 Å². The summed E-state index contributed by atoms with van der Waals surface area (Å²) in [4.78, 5) is 4.10. The highest BCUT2D eigenvalue weighted by Gasteiger charge is 2.18. The number of nitrogens with zero attached hydrogens (tertiary/aromatic N) is 2. The summed E-state index contributed by atoms with van der Waals surface area (Å²) in [5.74, 6) is 0. The minimum Gasteiger partial charge on any atom is -0.332 e. The molecule has 0 saturated heterocycles. The van der Waals surface area contributed by atoms with E-state index in [1.54, 1.807) is 0 Å². The van der Waals surface area contributed by atoms with E-state index in [-0.39, 0.29) is 5.54 Å². The lowest BCUT2D eigenvalue weighted by Crippen LogP contribution is -2.24. The molecule has 1 rings (SSSR count). The molecule has 14 heavy (non-hydrogen) atoms. The number of aromatic nitrogens is 2. The molecule has 0 aliphatic heterocycles. The second-order valence-corrected chi connectivity index (χ2v) is 4.59. The molecule has 0 N–H and O–H groups in total. The Bertz CT molecular complexity index is 237. The molecule has 0 aliphatic carbocycles. The topological polar surface area (TPSA) is 17.8 Å². The fourth-order valence-corrected chi connectivity index (χ4v) is 1.73. The van der Waals surface area contributed by atoms with E-state index in [1.807, 2.05) is 12.5 Å².